The maximum atomic E-state index is 12.5. The molecule has 2 fully saturated rings. The molecule has 3 rings (SSSR count). The zero-order valence-corrected chi connectivity index (χ0v) is 18.1. The van der Waals surface area contributed by atoms with Crippen LogP contribution in [0.15, 0.2) is 18.2 Å². The van der Waals surface area contributed by atoms with E-state index < -0.39 is 0 Å². The van der Waals surface area contributed by atoms with Gasteiger partial charge in [-0.15, -0.1) is 0 Å². The van der Waals surface area contributed by atoms with Crippen molar-refractivity contribution in [3.63, 3.8) is 0 Å². The van der Waals surface area contributed by atoms with Gasteiger partial charge in [0.2, 0.25) is 5.91 Å². The van der Waals surface area contributed by atoms with Crippen LogP contribution in [0.25, 0.3) is 0 Å². The van der Waals surface area contributed by atoms with E-state index in [2.05, 4.69) is 16.0 Å². The lowest BCUT2D eigenvalue weighted by Gasteiger charge is -2.33. The molecule has 0 spiro atoms. The van der Waals surface area contributed by atoms with E-state index in [1.165, 1.54) is 19.3 Å². The molecule has 164 valence electrons. The monoisotopic (exact) mass is 414 g/mol. The number of hydrogen-bond acceptors (Lipinski definition) is 3. The number of aryl methyl sites for hydroxylation is 2. The van der Waals surface area contributed by atoms with Gasteiger partial charge in [0.1, 0.15) is 0 Å². The van der Waals surface area contributed by atoms with Gasteiger partial charge in [0.15, 0.2) is 0 Å². The number of amides is 4. The molecule has 2 aliphatic rings. The van der Waals surface area contributed by atoms with Crippen LogP contribution in [0.3, 0.4) is 0 Å². The quantitative estimate of drug-likeness (QED) is 0.692. The molecule has 3 N–H and O–H groups in total. The maximum absolute atomic E-state index is 12.5. The number of benzene rings is 1. The molecule has 4 amide bonds. The second kappa shape index (κ2) is 10.5. The Labute approximate surface area is 179 Å². The Morgan fingerprint density at radius 2 is 1.53 bits per heavy atom. The van der Waals surface area contributed by atoms with E-state index in [0.29, 0.717) is 24.7 Å². The zero-order chi connectivity index (χ0) is 21.5. The first kappa shape index (κ1) is 22.1. The molecule has 1 aromatic rings. The first-order valence-corrected chi connectivity index (χ1v) is 11.1. The predicted octanol–water partition coefficient (Wildman–Crippen LogP) is 2.66. The summed E-state index contributed by atoms with van der Waals surface area (Å²) in [5.74, 6) is -0.320. The molecule has 1 saturated carbocycles. The van der Waals surface area contributed by atoms with Crippen LogP contribution in [0.1, 0.15) is 66.4 Å². The van der Waals surface area contributed by atoms with E-state index in [0.717, 1.165) is 36.8 Å². The molecule has 30 heavy (non-hydrogen) atoms. The third-order valence-corrected chi connectivity index (χ3v) is 6.29. The van der Waals surface area contributed by atoms with Crippen molar-refractivity contribution >= 4 is 17.8 Å². The molecular formula is C23H34N4O3. The van der Waals surface area contributed by atoms with Crippen LogP contribution in [0.5, 0.6) is 0 Å². The van der Waals surface area contributed by atoms with Crippen molar-refractivity contribution < 1.29 is 14.4 Å². The van der Waals surface area contributed by atoms with Gasteiger partial charge in [-0.2, -0.15) is 0 Å². The Kier molecular flexibility index (Phi) is 7.71. The minimum atomic E-state index is -0.234. The lowest BCUT2D eigenvalue weighted by molar-refractivity contribution is -0.131. The molecule has 7 nitrogen and oxygen atoms in total. The Bertz CT molecular complexity index is 766. The van der Waals surface area contributed by atoms with Crippen molar-refractivity contribution in [1.29, 1.82) is 0 Å². The van der Waals surface area contributed by atoms with Crippen molar-refractivity contribution in [2.24, 2.45) is 0 Å². The molecule has 0 bridgehead atoms. The standard InChI is InChI=1S/C23H34N4O3/c1-16-8-9-18(14-17(16)2)22(29)24-15-21(28)27-12-10-20(11-13-27)26-23(30)25-19-6-4-3-5-7-19/h8-9,14,19-20H,3-7,10-13,15H2,1-2H3,(H,24,29)(H2,25,26,30). The van der Waals surface area contributed by atoms with Gasteiger partial charge >= 0.3 is 6.03 Å². The molecule has 7 heteroatoms. The second-order valence-electron chi connectivity index (χ2n) is 8.59. The molecule has 1 aromatic carbocycles. The van der Waals surface area contributed by atoms with Crippen LogP contribution in [0.4, 0.5) is 4.79 Å². The van der Waals surface area contributed by atoms with Gasteiger partial charge in [0.05, 0.1) is 6.54 Å². The van der Waals surface area contributed by atoms with Gasteiger partial charge in [0.25, 0.3) is 5.91 Å². The summed E-state index contributed by atoms with van der Waals surface area (Å²) in [6.07, 6.45) is 7.22. The fourth-order valence-corrected chi connectivity index (χ4v) is 4.19. The van der Waals surface area contributed by atoms with Crippen LogP contribution >= 0.6 is 0 Å². The predicted molar refractivity (Wildman–Crippen MR) is 116 cm³/mol. The molecule has 1 aliphatic heterocycles. The molecule has 0 unspecified atom stereocenters. The van der Waals surface area contributed by atoms with Crippen molar-refractivity contribution in [3.05, 3.63) is 34.9 Å². The molecular weight excluding hydrogens is 380 g/mol. The molecule has 0 radical (unpaired) electrons. The highest BCUT2D eigenvalue weighted by atomic mass is 16.2. The summed E-state index contributed by atoms with van der Waals surface area (Å²) >= 11 is 0. The Hall–Kier alpha value is -2.57. The molecule has 0 aromatic heterocycles. The van der Waals surface area contributed by atoms with E-state index in [1.54, 1.807) is 11.0 Å². The normalized spacial score (nSPS) is 18.0. The highest BCUT2D eigenvalue weighted by Gasteiger charge is 2.25. The molecule has 0 atom stereocenters. The lowest BCUT2D eigenvalue weighted by Crippen LogP contribution is -2.52. The number of hydrogen-bond donors (Lipinski definition) is 3. The van der Waals surface area contributed by atoms with E-state index in [1.807, 2.05) is 26.0 Å². The number of rotatable bonds is 5. The highest BCUT2D eigenvalue weighted by Crippen LogP contribution is 2.17. The largest absolute Gasteiger partial charge is 0.343 e. The number of nitrogens with zero attached hydrogens (tertiary/aromatic N) is 1. The zero-order valence-electron chi connectivity index (χ0n) is 18.1. The number of nitrogens with one attached hydrogen (secondary N) is 3. The third kappa shape index (κ3) is 6.21. The Morgan fingerprint density at radius 3 is 2.17 bits per heavy atom. The molecule has 1 heterocycles. The van der Waals surface area contributed by atoms with Gasteiger partial charge in [0, 0.05) is 30.7 Å². The smallest absolute Gasteiger partial charge is 0.315 e. The van der Waals surface area contributed by atoms with Gasteiger partial charge < -0.3 is 20.9 Å². The minimum Gasteiger partial charge on any atom is -0.343 e. The van der Waals surface area contributed by atoms with Gasteiger partial charge in [-0.05, 0) is 62.8 Å². The third-order valence-electron chi connectivity index (χ3n) is 6.29. The number of urea groups is 1. The van der Waals surface area contributed by atoms with Crippen LogP contribution in [0, 0.1) is 13.8 Å². The topological polar surface area (TPSA) is 90.5 Å². The summed E-state index contributed by atoms with van der Waals surface area (Å²) in [4.78, 5) is 38.7. The summed E-state index contributed by atoms with van der Waals surface area (Å²) in [6, 6.07) is 5.81. The first-order chi connectivity index (χ1) is 14.4. The van der Waals surface area contributed by atoms with Gasteiger partial charge in [-0.25, -0.2) is 4.79 Å². The van der Waals surface area contributed by atoms with Crippen molar-refractivity contribution in [3.8, 4) is 0 Å². The van der Waals surface area contributed by atoms with Crippen LogP contribution in [-0.4, -0.2) is 54.5 Å². The molecule has 1 aliphatic carbocycles. The summed E-state index contributed by atoms with van der Waals surface area (Å²) < 4.78 is 0. The van der Waals surface area contributed by atoms with E-state index in [9.17, 15) is 14.4 Å². The summed E-state index contributed by atoms with van der Waals surface area (Å²) in [5, 5.41) is 8.85. The number of carbonyl (C=O) groups excluding carboxylic acids is 3. The second-order valence-corrected chi connectivity index (χ2v) is 8.59. The van der Waals surface area contributed by atoms with Crippen LogP contribution < -0.4 is 16.0 Å². The number of likely N-dealkylation sites (tertiary alicyclic amines) is 1. The number of carbonyl (C=O) groups is 3. The van der Waals surface area contributed by atoms with Crippen LogP contribution in [0.2, 0.25) is 0 Å². The van der Waals surface area contributed by atoms with Crippen LogP contribution in [-0.2, 0) is 4.79 Å². The average Bonchev–Trinajstić information content (AvgIpc) is 2.75. The van der Waals surface area contributed by atoms with Crippen molar-refractivity contribution in [2.45, 2.75) is 70.9 Å². The highest BCUT2D eigenvalue weighted by molar-refractivity contribution is 5.96. The number of piperidine rings is 1. The van der Waals surface area contributed by atoms with Gasteiger partial charge in [-0.1, -0.05) is 25.3 Å². The van der Waals surface area contributed by atoms with E-state index in [-0.39, 0.29) is 30.4 Å². The summed E-state index contributed by atoms with van der Waals surface area (Å²) in [5.41, 5.74) is 2.75. The Morgan fingerprint density at radius 1 is 0.900 bits per heavy atom. The lowest BCUT2D eigenvalue weighted by atomic mass is 9.96. The van der Waals surface area contributed by atoms with Crippen molar-refractivity contribution in [1.82, 2.24) is 20.9 Å². The molecule has 1 saturated heterocycles. The van der Waals surface area contributed by atoms with Crippen molar-refractivity contribution in [2.75, 3.05) is 19.6 Å². The first-order valence-electron chi connectivity index (χ1n) is 11.1. The summed E-state index contributed by atoms with van der Waals surface area (Å²) in [7, 11) is 0. The fourth-order valence-electron chi connectivity index (χ4n) is 4.19. The van der Waals surface area contributed by atoms with Gasteiger partial charge in [-0.3, -0.25) is 9.59 Å². The van der Waals surface area contributed by atoms with E-state index >= 15 is 0 Å². The fraction of sp³-hybridized carbons (Fsp3) is 0.609. The SMILES string of the molecule is Cc1ccc(C(=O)NCC(=O)N2CCC(NC(=O)NC3CCCCC3)CC2)cc1C. The average molecular weight is 415 g/mol. The minimum absolute atomic E-state index is 0.00792. The Balaban J connectivity index is 1.36. The van der Waals surface area contributed by atoms with E-state index in [4.69, 9.17) is 0 Å². The maximum Gasteiger partial charge on any atom is 0.315 e. The summed E-state index contributed by atoms with van der Waals surface area (Å²) in [6.45, 7) is 5.13.